The van der Waals surface area contributed by atoms with Gasteiger partial charge in [-0.15, -0.1) is 0 Å². The fourth-order valence-electron chi connectivity index (χ4n) is 3.32. The van der Waals surface area contributed by atoms with E-state index >= 15 is 0 Å². The summed E-state index contributed by atoms with van der Waals surface area (Å²) < 4.78 is 50.3. The van der Waals surface area contributed by atoms with E-state index in [1.165, 1.54) is 21.3 Å². The fourth-order valence-corrected chi connectivity index (χ4v) is 7.13. The van der Waals surface area contributed by atoms with E-state index in [2.05, 4.69) is 5.32 Å². The van der Waals surface area contributed by atoms with Crippen molar-refractivity contribution >= 4 is 49.1 Å². The lowest BCUT2D eigenvalue weighted by molar-refractivity contribution is 0.190. The highest BCUT2D eigenvalue weighted by molar-refractivity contribution is 7.91. The van der Waals surface area contributed by atoms with Gasteiger partial charge in [0.2, 0.25) is 10.0 Å². The number of hydrogen-bond donors (Lipinski definition) is 1. The molecule has 28 heavy (non-hydrogen) atoms. The molecule has 2 aliphatic heterocycles. The summed E-state index contributed by atoms with van der Waals surface area (Å²) in [5.41, 5.74) is 0. The lowest BCUT2D eigenvalue weighted by Crippen LogP contribution is -2.55. The van der Waals surface area contributed by atoms with Gasteiger partial charge in [-0.25, -0.2) is 21.6 Å². The van der Waals surface area contributed by atoms with Gasteiger partial charge in [0.15, 0.2) is 9.84 Å². The van der Waals surface area contributed by atoms with Crippen molar-refractivity contribution in [2.75, 3.05) is 37.7 Å². The molecule has 1 aromatic carbocycles. The molecule has 0 saturated carbocycles. The van der Waals surface area contributed by atoms with Gasteiger partial charge in [0, 0.05) is 32.2 Å². The molecule has 0 bridgehead atoms. The molecule has 1 aromatic rings. The Balaban J connectivity index is 1.68. The van der Waals surface area contributed by atoms with Crippen LogP contribution in [0.3, 0.4) is 0 Å². The molecule has 0 radical (unpaired) electrons. The number of sulfonamides is 1. The lowest BCUT2D eigenvalue weighted by Gasteiger charge is -2.34. The van der Waals surface area contributed by atoms with Gasteiger partial charge in [0.25, 0.3) is 0 Å². The van der Waals surface area contributed by atoms with Gasteiger partial charge in [0.05, 0.1) is 21.6 Å². The minimum absolute atomic E-state index is 0.0492. The van der Waals surface area contributed by atoms with Crippen LogP contribution in [-0.4, -0.2) is 75.8 Å². The summed E-state index contributed by atoms with van der Waals surface area (Å²) in [6, 6.07) is 3.75. The Kier molecular flexibility index (Phi) is 6.45. The van der Waals surface area contributed by atoms with Crippen LogP contribution >= 0.6 is 23.2 Å². The molecule has 0 aromatic heterocycles. The van der Waals surface area contributed by atoms with Crippen LogP contribution in [0.5, 0.6) is 0 Å². The maximum atomic E-state index is 13.0. The first-order chi connectivity index (χ1) is 13.1. The Hall–Kier alpha value is -1.07. The normalized spacial score (nSPS) is 23.4. The molecule has 2 fully saturated rings. The molecule has 0 aliphatic carbocycles. The summed E-state index contributed by atoms with van der Waals surface area (Å²) in [6.07, 6.45) is 1.20. The third-order valence-corrected chi connectivity index (χ3v) is 9.29. The van der Waals surface area contributed by atoms with E-state index in [-0.39, 0.29) is 58.2 Å². The number of urea groups is 1. The average molecular weight is 470 g/mol. The highest BCUT2D eigenvalue weighted by Crippen LogP contribution is 2.32. The molecule has 1 unspecified atom stereocenters. The zero-order valence-corrected chi connectivity index (χ0v) is 18.1. The summed E-state index contributed by atoms with van der Waals surface area (Å²) in [4.78, 5) is 13.7. The van der Waals surface area contributed by atoms with Crippen LogP contribution in [0.4, 0.5) is 4.79 Å². The standard InChI is InChI=1S/C16H21Cl2N3O5S2/c17-13-4-1-5-14(18)15(13)28(25,26)21-6-2-3-12(11-21)19-16(22)20-7-9-27(23,24)10-8-20/h1,4-5,12H,2-3,6-11H2,(H,19,22). The number of halogens is 2. The van der Waals surface area contributed by atoms with E-state index < -0.39 is 19.9 Å². The van der Waals surface area contributed by atoms with Crippen molar-refractivity contribution in [2.24, 2.45) is 0 Å². The number of nitrogens with zero attached hydrogens (tertiary/aromatic N) is 2. The number of amides is 2. The quantitative estimate of drug-likeness (QED) is 0.723. The molecule has 0 spiro atoms. The van der Waals surface area contributed by atoms with Crippen LogP contribution in [-0.2, 0) is 19.9 Å². The second-order valence-corrected chi connectivity index (χ2v) is 11.8. The van der Waals surface area contributed by atoms with Crippen LogP contribution in [0.2, 0.25) is 10.0 Å². The predicted octanol–water partition coefficient (Wildman–Crippen LogP) is 1.59. The van der Waals surface area contributed by atoms with Crippen LogP contribution in [0.25, 0.3) is 0 Å². The number of rotatable bonds is 3. The highest BCUT2D eigenvalue weighted by Gasteiger charge is 2.34. The van der Waals surface area contributed by atoms with Crippen LogP contribution < -0.4 is 5.32 Å². The van der Waals surface area contributed by atoms with Crippen LogP contribution in [0.1, 0.15) is 12.8 Å². The number of sulfone groups is 1. The third-order valence-electron chi connectivity index (χ3n) is 4.86. The number of benzene rings is 1. The number of nitrogens with one attached hydrogen (secondary N) is 1. The second kappa shape index (κ2) is 8.35. The largest absolute Gasteiger partial charge is 0.334 e. The maximum Gasteiger partial charge on any atom is 0.317 e. The molecule has 156 valence electrons. The lowest BCUT2D eigenvalue weighted by atomic mass is 10.1. The zero-order valence-electron chi connectivity index (χ0n) is 15.0. The summed E-state index contributed by atoms with van der Waals surface area (Å²) in [5, 5.41) is 2.92. The molecule has 3 rings (SSSR count). The van der Waals surface area contributed by atoms with Crippen molar-refractivity contribution in [1.82, 2.24) is 14.5 Å². The Morgan fingerprint density at radius 2 is 1.71 bits per heavy atom. The van der Waals surface area contributed by atoms with Gasteiger partial charge in [0.1, 0.15) is 4.90 Å². The molecule has 2 saturated heterocycles. The van der Waals surface area contributed by atoms with Crippen molar-refractivity contribution in [3.8, 4) is 0 Å². The smallest absolute Gasteiger partial charge is 0.317 e. The van der Waals surface area contributed by atoms with E-state index in [1.54, 1.807) is 6.07 Å². The minimum atomic E-state index is -3.91. The van der Waals surface area contributed by atoms with Crippen molar-refractivity contribution in [3.05, 3.63) is 28.2 Å². The number of piperidine rings is 1. The molecule has 2 amide bonds. The summed E-state index contributed by atoms with van der Waals surface area (Å²) in [6.45, 7) is 0.677. The van der Waals surface area contributed by atoms with E-state index in [0.717, 1.165) is 0 Å². The van der Waals surface area contributed by atoms with E-state index in [1.807, 2.05) is 0 Å². The zero-order chi connectivity index (χ0) is 20.5. The van der Waals surface area contributed by atoms with E-state index in [0.29, 0.717) is 19.4 Å². The minimum Gasteiger partial charge on any atom is -0.334 e. The molecule has 8 nitrogen and oxygen atoms in total. The van der Waals surface area contributed by atoms with Crippen molar-refractivity contribution in [3.63, 3.8) is 0 Å². The Morgan fingerprint density at radius 1 is 1.11 bits per heavy atom. The van der Waals surface area contributed by atoms with Crippen LogP contribution in [0, 0.1) is 0 Å². The molecular formula is C16H21Cl2N3O5S2. The maximum absolute atomic E-state index is 13.0. The van der Waals surface area contributed by atoms with E-state index in [4.69, 9.17) is 23.2 Å². The van der Waals surface area contributed by atoms with Gasteiger partial charge in [-0.1, -0.05) is 29.3 Å². The van der Waals surface area contributed by atoms with E-state index in [9.17, 15) is 21.6 Å². The number of hydrogen-bond acceptors (Lipinski definition) is 5. The van der Waals surface area contributed by atoms with Crippen molar-refractivity contribution in [2.45, 2.75) is 23.8 Å². The highest BCUT2D eigenvalue weighted by atomic mass is 35.5. The first kappa shape index (κ1) is 21.6. The van der Waals surface area contributed by atoms with Gasteiger partial charge < -0.3 is 10.2 Å². The summed E-state index contributed by atoms with van der Waals surface area (Å²) in [7, 11) is -6.99. The van der Waals surface area contributed by atoms with Crippen molar-refractivity contribution in [1.29, 1.82) is 0 Å². The Labute approximate surface area is 174 Å². The summed E-state index contributed by atoms with van der Waals surface area (Å²) >= 11 is 12.1. The van der Waals surface area contributed by atoms with Crippen LogP contribution in [0.15, 0.2) is 23.1 Å². The molecule has 2 aliphatic rings. The Bertz CT molecular complexity index is 934. The second-order valence-electron chi connectivity index (χ2n) is 6.84. The topological polar surface area (TPSA) is 104 Å². The SMILES string of the molecule is O=C(NC1CCCN(S(=O)(=O)c2c(Cl)cccc2Cl)C1)N1CCS(=O)(=O)CC1. The predicted molar refractivity (Wildman–Crippen MR) is 107 cm³/mol. The molecule has 1 atom stereocenters. The molecule has 12 heteroatoms. The van der Waals surface area contributed by atoms with Gasteiger partial charge >= 0.3 is 6.03 Å². The molecule has 1 N–H and O–H groups in total. The van der Waals surface area contributed by atoms with Gasteiger partial charge in [-0.3, -0.25) is 0 Å². The molecule has 2 heterocycles. The number of carbonyl (C=O) groups excluding carboxylic acids is 1. The first-order valence-corrected chi connectivity index (χ1v) is 12.8. The third kappa shape index (κ3) is 4.73. The number of carbonyl (C=O) groups is 1. The van der Waals surface area contributed by atoms with Crippen molar-refractivity contribution < 1.29 is 21.6 Å². The van der Waals surface area contributed by atoms with Gasteiger partial charge in [-0.2, -0.15) is 4.31 Å². The average Bonchev–Trinajstić information content (AvgIpc) is 2.61. The Morgan fingerprint density at radius 3 is 2.32 bits per heavy atom. The fraction of sp³-hybridized carbons (Fsp3) is 0.562. The first-order valence-electron chi connectivity index (χ1n) is 8.80. The summed E-state index contributed by atoms with van der Waals surface area (Å²) in [5.74, 6) is -0.118. The molecular weight excluding hydrogens is 449 g/mol. The van der Waals surface area contributed by atoms with Gasteiger partial charge in [-0.05, 0) is 25.0 Å². The monoisotopic (exact) mass is 469 g/mol.